The molecule has 144 valence electrons. The van der Waals surface area contributed by atoms with E-state index in [1.807, 2.05) is 6.07 Å². The second-order valence-electron chi connectivity index (χ2n) is 7.29. The number of piperidine rings is 1. The number of hydrogen-bond acceptors (Lipinski definition) is 6. The number of benzene rings is 1. The van der Waals surface area contributed by atoms with E-state index in [1.165, 1.54) is 6.07 Å². The van der Waals surface area contributed by atoms with Crippen molar-refractivity contribution in [2.45, 2.75) is 43.7 Å². The molecule has 4 rings (SSSR count). The van der Waals surface area contributed by atoms with Crippen LogP contribution < -0.4 is 0 Å². The van der Waals surface area contributed by atoms with Gasteiger partial charge in [0.15, 0.2) is 5.82 Å². The Morgan fingerprint density at radius 2 is 2.15 bits per heavy atom. The third kappa shape index (κ3) is 3.59. The van der Waals surface area contributed by atoms with E-state index in [0.29, 0.717) is 23.4 Å². The zero-order valence-corrected chi connectivity index (χ0v) is 15.9. The molecule has 2 heterocycles. The second-order valence-corrected chi connectivity index (χ2v) is 7.67. The van der Waals surface area contributed by atoms with Crippen molar-refractivity contribution in [3.8, 4) is 0 Å². The second kappa shape index (κ2) is 7.22. The van der Waals surface area contributed by atoms with Crippen LogP contribution in [0.4, 0.5) is 0 Å². The summed E-state index contributed by atoms with van der Waals surface area (Å²) in [6.45, 7) is 2.13. The Kier molecular flexibility index (Phi) is 4.92. The van der Waals surface area contributed by atoms with Crippen LogP contribution in [0.2, 0.25) is 5.02 Å². The molecule has 2 aromatic rings. The van der Waals surface area contributed by atoms with Gasteiger partial charge in [-0.25, -0.2) is 4.79 Å². The molecule has 2 fully saturated rings. The molecule has 1 aliphatic carbocycles. The molecule has 1 saturated heterocycles. The highest BCUT2D eigenvalue weighted by molar-refractivity contribution is 6.34. The fourth-order valence-electron chi connectivity index (χ4n) is 3.61. The van der Waals surface area contributed by atoms with Gasteiger partial charge < -0.3 is 14.4 Å². The third-order valence-electron chi connectivity index (χ3n) is 5.53. The summed E-state index contributed by atoms with van der Waals surface area (Å²) in [5.41, 5.74) is 0.398. The Hall–Kier alpha value is -1.96. The lowest BCUT2D eigenvalue weighted by Gasteiger charge is -2.38. The van der Waals surface area contributed by atoms with Crippen LogP contribution in [0.3, 0.4) is 0 Å². The molecule has 0 amide bonds. The maximum absolute atomic E-state index is 11.3. The molecule has 8 heteroatoms. The number of carboxylic acids is 1. The molecule has 0 spiro atoms. The Morgan fingerprint density at radius 1 is 1.41 bits per heavy atom. The highest BCUT2D eigenvalue weighted by atomic mass is 35.5. The average Bonchev–Trinajstić information content (AvgIpc) is 3.40. The number of rotatable bonds is 6. The van der Waals surface area contributed by atoms with Crippen molar-refractivity contribution in [1.82, 2.24) is 15.0 Å². The van der Waals surface area contributed by atoms with Gasteiger partial charge in [-0.05, 0) is 37.3 Å². The van der Waals surface area contributed by atoms with Crippen LogP contribution in [-0.4, -0.2) is 46.3 Å². The van der Waals surface area contributed by atoms with Crippen molar-refractivity contribution in [2.75, 3.05) is 20.2 Å². The maximum atomic E-state index is 11.3. The lowest BCUT2D eigenvalue weighted by atomic mass is 9.90. The first kappa shape index (κ1) is 18.4. The number of halogens is 1. The summed E-state index contributed by atoms with van der Waals surface area (Å²) in [5, 5.41) is 13.7. The van der Waals surface area contributed by atoms with Crippen molar-refractivity contribution >= 4 is 17.6 Å². The number of likely N-dealkylation sites (tertiary alicyclic amines) is 1. The summed E-state index contributed by atoms with van der Waals surface area (Å²) in [7, 11) is 1.68. The van der Waals surface area contributed by atoms with E-state index in [2.05, 4.69) is 15.0 Å². The summed E-state index contributed by atoms with van der Waals surface area (Å²) in [5.74, 6) is 0.792. The first-order chi connectivity index (χ1) is 13.0. The minimum absolute atomic E-state index is 0.135. The van der Waals surface area contributed by atoms with E-state index in [0.717, 1.165) is 50.2 Å². The number of aromatic carboxylic acids is 1. The molecular weight excluding hydrogens is 370 g/mol. The number of nitrogens with zero attached hydrogens (tertiary/aromatic N) is 3. The van der Waals surface area contributed by atoms with Crippen LogP contribution in [-0.2, 0) is 16.9 Å². The zero-order valence-electron chi connectivity index (χ0n) is 15.2. The minimum atomic E-state index is -1.01. The van der Waals surface area contributed by atoms with Gasteiger partial charge in [-0.1, -0.05) is 28.9 Å². The van der Waals surface area contributed by atoms with Gasteiger partial charge in [-0.15, -0.1) is 0 Å². The lowest BCUT2D eigenvalue weighted by Crippen LogP contribution is -2.43. The largest absolute Gasteiger partial charge is 0.478 e. The summed E-state index contributed by atoms with van der Waals surface area (Å²) in [6.07, 6.45) is 3.71. The molecule has 7 nitrogen and oxygen atoms in total. The molecule has 1 saturated carbocycles. The normalized spacial score (nSPS) is 19.9. The van der Waals surface area contributed by atoms with Crippen LogP contribution in [0.15, 0.2) is 22.7 Å². The molecule has 27 heavy (non-hydrogen) atoms. The Morgan fingerprint density at radius 3 is 2.78 bits per heavy atom. The molecule has 0 radical (unpaired) electrons. The van der Waals surface area contributed by atoms with E-state index in [4.69, 9.17) is 20.9 Å². The number of aromatic nitrogens is 2. The minimum Gasteiger partial charge on any atom is -0.478 e. The number of methoxy groups -OCH3 is 1. The third-order valence-corrected chi connectivity index (χ3v) is 5.98. The van der Waals surface area contributed by atoms with Gasteiger partial charge in [-0.3, -0.25) is 4.90 Å². The van der Waals surface area contributed by atoms with Gasteiger partial charge in [0, 0.05) is 32.7 Å². The predicted molar refractivity (Wildman–Crippen MR) is 97.9 cm³/mol. The first-order valence-electron chi connectivity index (χ1n) is 9.15. The number of hydrogen-bond donors (Lipinski definition) is 1. The van der Waals surface area contributed by atoms with Gasteiger partial charge in [0.05, 0.1) is 10.6 Å². The molecule has 1 N–H and O–H groups in total. The highest BCUT2D eigenvalue weighted by Gasteiger charge is 2.42. The smallest absolute Gasteiger partial charge is 0.337 e. The van der Waals surface area contributed by atoms with E-state index in [1.54, 1.807) is 13.2 Å². The van der Waals surface area contributed by atoms with Crippen molar-refractivity contribution in [3.05, 3.63) is 46.1 Å². The van der Waals surface area contributed by atoms with Crippen LogP contribution in [0.5, 0.6) is 0 Å². The average molecular weight is 392 g/mol. The van der Waals surface area contributed by atoms with Gasteiger partial charge in [0.2, 0.25) is 0 Å². The fourth-order valence-corrected chi connectivity index (χ4v) is 3.88. The van der Waals surface area contributed by atoms with Crippen LogP contribution in [0.1, 0.15) is 59.2 Å². The monoisotopic (exact) mass is 391 g/mol. The Labute approximate surface area is 162 Å². The van der Waals surface area contributed by atoms with Crippen molar-refractivity contribution in [1.29, 1.82) is 0 Å². The maximum Gasteiger partial charge on any atom is 0.337 e. The van der Waals surface area contributed by atoms with Gasteiger partial charge in [0.25, 0.3) is 5.89 Å². The topological polar surface area (TPSA) is 88.7 Å². The predicted octanol–water partition coefficient (Wildman–Crippen LogP) is 3.44. The van der Waals surface area contributed by atoms with Crippen molar-refractivity contribution < 1.29 is 19.2 Å². The summed E-state index contributed by atoms with van der Waals surface area (Å²) in [6, 6.07) is 5.12. The zero-order chi connectivity index (χ0) is 19.0. The van der Waals surface area contributed by atoms with Gasteiger partial charge >= 0.3 is 5.97 Å². The molecule has 2 aliphatic rings. The van der Waals surface area contributed by atoms with Gasteiger partial charge in [0.1, 0.15) is 5.60 Å². The summed E-state index contributed by atoms with van der Waals surface area (Å²) >= 11 is 6.28. The molecule has 0 atom stereocenters. The molecule has 0 unspecified atom stereocenters. The van der Waals surface area contributed by atoms with E-state index >= 15 is 0 Å². The summed E-state index contributed by atoms with van der Waals surface area (Å²) in [4.78, 5) is 18.1. The molecule has 1 aromatic carbocycles. The van der Waals surface area contributed by atoms with Crippen LogP contribution in [0.25, 0.3) is 0 Å². The fraction of sp³-hybridized carbons (Fsp3) is 0.526. The SMILES string of the molecule is COC1(c2nc(C3CC3)no2)CCN(Cc2cccc(C(=O)O)c2Cl)CC1. The lowest BCUT2D eigenvalue weighted by molar-refractivity contribution is -0.0838. The number of carbonyl (C=O) groups is 1. The molecular formula is C19H22ClN3O4. The van der Waals surface area contributed by atoms with Crippen molar-refractivity contribution in [3.63, 3.8) is 0 Å². The quantitative estimate of drug-likeness (QED) is 0.806. The molecule has 0 bridgehead atoms. The Balaban J connectivity index is 1.44. The molecule has 1 aromatic heterocycles. The first-order valence-corrected chi connectivity index (χ1v) is 9.52. The molecule has 1 aliphatic heterocycles. The standard InChI is InChI=1S/C19H22ClN3O4/c1-26-19(18-21-16(22-27-18)12-5-6-12)7-9-23(10-8-19)11-13-3-2-4-14(15(13)20)17(24)25/h2-4,12H,5-11H2,1H3,(H,24,25). The summed E-state index contributed by atoms with van der Waals surface area (Å²) < 4.78 is 11.3. The van der Waals surface area contributed by atoms with E-state index < -0.39 is 11.6 Å². The van der Waals surface area contributed by atoms with E-state index in [9.17, 15) is 9.90 Å². The number of ether oxygens (including phenoxy) is 1. The Bertz CT molecular complexity index is 841. The van der Waals surface area contributed by atoms with Crippen molar-refractivity contribution in [2.24, 2.45) is 0 Å². The highest BCUT2D eigenvalue weighted by Crippen LogP contribution is 2.41. The number of carboxylic acid groups (broad SMARTS) is 1. The van der Waals surface area contributed by atoms with E-state index in [-0.39, 0.29) is 5.56 Å². The van der Waals surface area contributed by atoms with Crippen LogP contribution >= 0.6 is 11.6 Å². The van der Waals surface area contributed by atoms with Crippen LogP contribution in [0, 0.1) is 0 Å². The van der Waals surface area contributed by atoms with Gasteiger partial charge in [-0.2, -0.15) is 4.98 Å².